The van der Waals surface area contributed by atoms with Crippen LogP contribution < -0.4 is 20.3 Å². The lowest BCUT2D eigenvalue weighted by atomic mass is 10.1. The Balaban J connectivity index is 1.22. The van der Waals surface area contributed by atoms with Crippen LogP contribution in [0.1, 0.15) is 31.2 Å². The average molecular weight is 474 g/mol. The Morgan fingerprint density at radius 1 is 0.939 bits per heavy atom. The van der Waals surface area contributed by atoms with Gasteiger partial charge in [0.25, 0.3) is 5.91 Å². The fourth-order valence-electron chi connectivity index (χ4n) is 3.76. The number of carbonyl (C=O) groups is 2. The number of carbonyl (C=O) groups excluding carboxylic acids is 2. The Morgan fingerprint density at radius 2 is 1.64 bits per heavy atom. The number of rotatable bonds is 6. The number of nitrogens with one attached hydrogen (secondary N) is 2. The Morgan fingerprint density at radius 3 is 2.36 bits per heavy atom. The van der Waals surface area contributed by atoms with Crippen LogP contribution >= 0.6 is 0 Å². The second-order valence-corrected chi connectivity index (χ2v) is 9.95. The van der Waals surface area contributed by atoms with E-state index in [-0.39, 0.29) is 23.8 Å². The van der Waals surface area contributed by atoms with Gasteiger partial charge in [0.05, 0.1) is 4.90 Å². The van der Waals surface area contributed by atoms with Gasteiger partial charge in [0.2, 0.25) is 22.0 Å². The molecule has 0 unspecified atom stereocenters. The van der Waals surface area contributed by atoms with E-state index < -0.39 is 22.0 Å². The molecule has 2 aliphatic rings. The number of piperidine rings is 1. The van der Waals surface area contributed by atoms with Crippen molar-refractivity contribution in [2.45, 2.75) is 43.1 Å². The predicted molar refractivity (Wildman–Crippen MR) is 120 cm³/mol. The van der Waals surface area contributed by atoms with E-state index in [1.165, 1.54) is 4.31 Å². The molecular formula is C23H27N3O6S. The van der Waals surface area contributed by atoms with Crippen LogP contribution in [0.3, 0.4) is 0 Å². The predicted octanol–water partition coefficient (Wildman–Crippen LogP) is 1.78. The lowest BCUT2D eigenvalue weighted by molar-refractivity contribution is -0.135. The van der Waals surface area contributed by atoms with Gasteiger partial charge in [-0.05, 0) is 49.1 Å². The second kappa shape index (κ2) is 10.2. The smallest absolute Gasteiger partial charge is 0.283 e. The van der Waals surface area contributed by atoms with Gasteiger partial charge in [-0.1, -0.05) is 30.7 Å². The summed E-state index contributed by atoms with van der Waals surface area (Å²) in [6, 6.07) is 13.6. The summed E-state index contributed by atoms with van der Waals surface area (Å²) in [7, 11) is -3.47. The number of hydrazine groups is 1. The molecule has 0 radical (unpaired) electrons. The molecule has 2 aromatic carbocycles. The Bertz CT molecular complexity index is 1100. The van der Waals surface area contributed by atoms with Crippen LogP contribution in [0.5, 0.6) is 11.5 Å². The molecule has 1 saturated heterocycles. The summed E-state index contributed by atoms with van der Waals surface area (Å²) in [6.45, 7) is 1.16. The van der Waals surface area contributed by atoms with E-state index in [0.717, 1.165) is 24.8 Å². The van der Waals surface area contributed by atoms with E-state index in [4.69, 9.17) is 9.47 Å². The Labute approximate surface area is 193 Å². The van der Waals surface area contributed by atoms with Crippen LogP contribution in [-0.2, 0) is 26.0 Å². The summed E-state index contributed by atoms with van der Waals surface area (Å²) in [5.41, 5.74) is 5.56. The van der Waals surface area contributed by atoms with Gasteiger partial charge in [-0.15, -0.1) is 0 Å². The van der Waals surface area contributed by atoms with E-state index in [9.17, 15) is 18.0 Å². The highest BCUT2D eigenvalue weighted by Crippen LogP contribution is 2.30. The van der Waals surface area contributed by atoms with Crippen LogP contribution in [0.4, 0.5) is 0 Å². The zero-order valence-electron chi connectivity index (χ0n) is 18.2. The molecule has 0 bridgehead atoms. The van der Waals surface area contributed by atoms with Crippen LogP contribution in [0.2, 0.25) is 0 Å². The molecule has 1 fully saturated rings. The van der Waals surface area contributed by atoms with E-state index in [1.54, 1.807) is 42.5 Å². The molecule has 10 heteroatoms. The summed E-state index contributed by atoms with van der Waals surface area (Å²) in [5, 5.41) is 0. The SMILES string of the molecule is O=C(CCc1ccc(S(=O)(=O)N2CCCCC2)cc1)NNC(=O)[C@H]1COc2ccccc2O1. The van der Waals surface area contributed by atoms with E-state index in [2.05, 4.69) is 10.9 Å². The first-order valence-corrected chi connectivity index (χ1v) is 12.4. The number of aryl methyl sites for hydroxylation is 1. The largest absolute Gasteiger partial charge is 0.485 e. The normalized spacial score (nSPS) is 18.4. The van der Waals surface area contributed by atoms with Crippen molar-refractivity contribution in [3.05, 3.63) is 54.1 Å². The molecule has 0 aromatic heterocycles. The highest BCUT2D eigenvalue weighted by Gasteiger charge is 2.28. The molecular weight excluding hydrogens is 446 g/mol. The molecule has 9 nitrogen and oxygen atoms in total. The molecule has 2 heterocycles. The van der Waals surface area contributed by atoms with Crippen LogP contribution in [0.25, 0.3) is 0 Å². The highest BCUT2D eigenvalue weighted by atomic mass is 32.2. The first kappa shape index (κ1) is 23.1. The number of sulfonamides is 1. The lowest BCUT2D eigenvalue weighted by Gasteiger charge is -2.25. The van der Waals surface area contributed by atoms with Gasteiger partial charge in [-0.2, -0.15) is 4.31 Å². The summed E-state index contributed by atoms with van der Waals surface area (Å²) < 4.78 is 38.1. The molecule has 33 heavy (non-hydrogen) atoms. The standard InChI is InChI=1S/C23H27N3O6S/c27-22(24-25-23(28)21-16-31-19-6-2-3-7-20(19)32-21)13-10-17-8-11-18(12-9-17)33(29,30)26-14-4-1-5-15-26/h2-3,6-9,11-12,21H,1,4-5,10,13-16H2,(H,24,27)(H,25,28)/t21-/m1/s1. The lowest BCUT2D eigenvalue weighted by Crippen LogP contribution is -2.50. The molecule has 0 saturated carbocycles. The molecule has 0 aliphatic carbocycles. The summed E-state index contributed by atoms with van der Waals surface area (Å²) in [6.07, 6.45) is 2.50. The fraction of sp³-hybridized carbons (Fsp3) is 0.391. The maximum absolute atomic E-state index is 12.7. The van der Waals surface area contributed by atoms with Crippen molar-refractivity contribution in [1.82, 2.24) is 15.2 Å². The minimum atomic E-state index is -3.47. The fourth-order valence-corrected chi connectivity index (χ4v) is 5.28. The zero-order chi connectivity index (χ0) is 23.3. The van der Waals surface area contributed by atoms with Gasteiger partial charge in [0.15, 0.2) is 11.5 Å². The maximum atomic E-state index is 12.7. The van der Waals surface area contributed by atoms with Crippen molar-refractivity contribution < 1.29 is 27.5 Å². The first-order valence-electron chi connectivity index (χ1n) is 11.0. The molecule has 2 N–H and O–H groups in total. The van der Waals surface area contributed by atoms with Crippen LogP contribution in [0.15, 0.2) is 53.4 Å². The number of hydrogen-bond acceptors (Lipinski definition) is 6. The number of benzene rings is 2. The number of para-hydroxylation sites is 2. The van der Waals surface area contributed by atoms with E-state index in [0.29, 0.717) is 31.0 Å². The third kappa shape index (κ3) is 5.63. The average Bonchev–Trinajstić information content (AvgIpc) is 2.86. The van der Waals surface area contributed by atoms with E-state index in [1.807, 2.05) is 6.07 Å². The number of nitrogens with zero attached hydrogens (tertiary/aromatic N) is 1. The first-order chi connectivity index (χ1) is 15.9. The third-order valence-electron chi connectivity index (χ3n) is 5.64. The monoisotopic (exact) mass is 473 g/mol. The maximum Gasteiger partial charge on any atom is 0.283 e. The topological polar surface area (TPSA) is 114 Å². The molecule has 176 valence electrons. The molecule has 0 spiro atoms. The van der Waals surface area contributed by atoms with Crippen molar-refractivity contribution in [1.29, 1.82) is 0 Å². The van der Waals surface area contributed by atoms with Crippen molar-refractivity contribution in [2.24, 2.45) is 0 Å². The summed E-state index contributed by atoms with van der Waals surface area (Å²) in [5.74, 6) is 0.164. The molecule has 4 rings (SSSR count). The van der Waals surface area contributed by atoms with Crippen molar-refractivity contribution in [2.75, 3.05) is 19.7 Å². The summed E-state index contributed by atoms with van der Waals surface area (Å²) in [4.78, 5) is 24.7. The van der Waals surface area contributed by atoms with Gasteiger partial charge in [-0.3, -0.25) is 20.4 Å². The van der Waals surface area contributed by atoms with Gasteiger partial charge in [0.1, 0.15) is 6.61 Å². The quantitative estimate of drug-likeness (QED) is 0.619. The van der Waals surface area contributed by atoms with Gasteiger partial charge >= 0.3 is 0 Å². The number of fused-ring (bicyclic) bond motifs is 1. The number of ether oxygens (including phenoxy) is 2. The Hall–Kier alpha value is -3.11. The molecule has 2 amide bonds. The van der Waals surface area contributed by atoms with E-state index >= 15 is 0 Å². The Kier molecular flexibility index (Phi) is 7.14. The molecule has 2 aromatic rings. The van der Waals surface area contributed by atoms with Crippen molar-refractivity contribution in [3.63, 3.8) is 0 Å². The van der Waals surface area contributed by atoms with Gasteiger partial charge in [-0.25, -0.2) is 8.42 Å². The van der Waals surface area contributed by atoms with Crippen molar-refractivity contribution >= 4 is 21.8 Å². The zero-order valence-corrected chi connectivity index (χ0v) is 19.0. The van der Waals surface area contributed by atoms with Crippen LogP contribution in [-0.4, -0.2) is 50.3 Å². The van der Waals surface area contributed by atoms with Crippen LogP contribution in [0, 0.1) is 0 Å². The highest BCUT2D eigenvalue weighted by molar-refractivity contribution is 7.89. The summed E-state index contributed by atoms with van der Waals surface area (Å²) >= 11 is 0. The second-order valence-electron chi connectivity index (χ2n) is 8.01. The molecule has 1 atom stereocenters. The van der Waals surface area contributed by atoms with Crippen molar-refractivity contribution in [3.8, 4) is 11.5 Å². The van der Waals surface area contributed by atoms with Gasteiger partial charge in [0, 0.05) is 19.5 Å². The molecule has 2 aliphatic heterocycles. The third-order valence-corrected chi connectivity index (χ3v) is 7.56. The van der Waals surface area contributed by atoms with Gasteiger partial charge < -0.3 is 9.47 Å². The number of amides is 2. The minimum absolute atomic E-state index is 0.0470. The minimum Gasteiger partial charge on any atom is -0.485 e. The number of hydrogen-bond donors (Lipinski definition) is 2.